The maximum atomic E-state index is 12.6. The molecule has 0 aliphatic heterocycles. The number of aromatic nitrogens is 4. The van der Waals surface area contributed by atoms with Gasteiger partial charge in [0.05, 0.1) is 40.4 Å². The summed E-state index contributed by atoms with van der Waals surface area (Å²) in [5.74, 6) is -0.195. The first-order chi connectivity index (χ1) is 13.0. The van der Waals surface area contributed by atoms with Crippen LogP contribution >= 0.6 is 11.6 Å². The van der Waals surface area contributed by atoms with Crippen LogP contribution < -0.4 is 5.32 Å². The lowest BCUT2D eigenvalue weighted by molar-refractivity contribution is 0.0950. The first-order valence-electron chi connectivity index (χ1n) is 8.55. The van der Waals surface area contributed by atoms with Crippen LogP contribution in [-0.2, 0) is 6.54 Å². The second-order valence-electron chi connectivity index (χ2n) is 6.39. The van der Waals surface area contributed by atoms with Gasteiger partial charge in [-0.2, -0.15) is 5.10 Å². The van der Waals surface area contributed by atoms with Gasteiger partial charge in [0.1, 0.15) is 5.65 Å². The predicted molar refractivity (Wildman–Crippen MR) is 104 cm³/mol. The van der Waals surface area contributed by atoms with Crippen LogP contribution in [0.4, 0.5) is 0 Å². The minimum Gasteiger partial charge on any atom is -0.346 e. The highest BCUT2D eigenvalue weighted by molar-refractivity contribution is 6.32. The molecule has 0 radical (unpaired) electrons. The van der Waals surface area contributed by atoms with Crippen molar-refractivity contribution < 1.29 is 4.79 Å². The van der Waals surface area contributed by atoms with Crippen LogP contribution in [0, 0.1) is 13.8 Å². The fourth-order valence-electron chi connectivity index (χ4n) is 2.99. The van der Waals surface area contributed by atoms with Gasteiger partial charge in [-0.05, 0) is 43.7 Å². The number of para-hydroxylation sites is 1. The zero-order valence-electron chi connectivity index (χ0n) is 15.0. The van der Waals surface area contributed by atoms with E-state index in [4.69, 9.17) is 11.6 Å². The Morgan fingerprint density at radius 3 is 2.85 bits per heavy atom. The van der Waals surface area contributed by atoms with Crippen molar-refractivity contribution in [2.45, 2.75) is 20.4 Å². The standard InChI is InChI=1S/C20H18ClN5O/c1-13-7-8-25-12-15(24-19(25)9-13)10-22-20(27)16-11-23-26(14(16)2)18-6-4-3-5-17(18)21/h3-9,11-12H,10H2,1-2H3,(H,22,27). The third-order valence-corrected chi connectivity index (χ3v) is 4.75. The molecule has 0 aliphatic rings. The van der Waals surface area contributed by atoms with E-state index < -0.39 is 0 Å². The number of carbonyl (C=O) groups is 1. The van der Waals surface area contributed by atoms with Crippen molar-refractivity contribution in [3.63, 3.8) is 0 Å². The fourth-order valence-corrected chi connectivity index (χ4v) is 3.20. The number of carbonyl (C=O) groups excluding carboxylic acids is 1. The van der Waals surface area contributed by atoms with Crippen molar-refractivity contribution in [3.8, 4) is 5.69 Å². The first kappa shape index (κ1) is 17.3. The minimum absolute atomic E-state index is 0.195. The number of benzene rings is 1. The zero-order chi connectivity index (χ0) is 19.0. The zero-order valence-corrected chi connectivity index (χ0v) is 15.7. The molecule has 7 heteroatoms. The molecule has 6 nitrogen and oxygen atoms in total. The van der Waals surface area contributed by atoms with Crippen LogP contribution in [0.15, 0.2) is 55.0 Å². The van der Waals surface area contributed by atoms with Gasteiger partial charge >= 0.3 is 0 Å². The summed E-state index contributed by atoms with van der Waals surface area (Å²) < 4.78 is 3.61. The largest absolute Gasteiger partial charge is 0.346 e. The number of amides is 1. The summed E-state index contributed by atoms with van der Waals surface area (Å²) in [7, 11) is 0. The van der Waals surface area contributed by atoms with E-state index in [9.17, 15) is 4.79 Å². The molecule has 0 aliphatic carbocycles. The van der Waals surface area contributed by atoms with Gasteiger partial charge in [0.25, 0.3) is 5.91 Å². The fraction of sp³-hybridized carbons (Fsp3) is 0.150. The van der Waals surface area contributed by atoms with E-state index in [1.165, 1.54) is 0 Å². The van der Waals surface area contributed by atoms with Crippen LogP contribution in [0.1, 0.15) is 27.3 Å². The van der Waals surface area contributed by atoms with Gasteiger partial charge in [0.2, 0.25) is 0 Å². The van der Waals surface area contributed by atoms with Crippen molar-refractivity contribution >= 4 is 23.2 Å². The van der Waals surface area contributed by atoms with Crippen LogP contribution in [0.2, 0.25) is 5.02 Å². The molecule has 4 aromatic rings. The molecule has 1 aromatic carbocycles. The third kappa shape index (κ3) is 3.31. The van der Waals surface area contributed by atoms with Crippen molar-refractivity contribution in [1.29, 1.82) is 0 Å². The number of aryl methyl sites for hydroxylation is 1. The molecule has 1 amide bonds. The number of hydrogen-bond donors (Lipinski definition) is 1. The molecule has 3 aromatic heterocycles. The first-order valence-corrected chi connectivity index (χ1v) is 8.92. The van der Waals surface area contributed by atoms with E-state index in [0.717, 1.165) is 28.3 Å². The van der Waals surface area contributed by atoms with E-state index >= 15 is 0 Å². The Bertz CT molecular complexity index is 1140. The molecule has 27 heavy (non-hydrogen) atoms. The molecule has 4 rings (SSSR count). The highest BCUT2D eigenvalue weighted by Gasteiger charge is 2.16. The average Bonchev–Trinajstić information content (AvgIpc) is 3.23. The Morgan fingerprint density at radius 2 is 2.04 bits per heavy atom. The Labute approximate surface area is 161 Å². The maximum absolute atomic E-state index is 12.6. The smallest absolute Gasteiger partial charge is 0.255 e. The SMILES string of the molecule is Cc1ccn2cc(CNC(=O)c3cnn(-c4ccccc4Cl)c3C)nc2c1. The van der Waals surface area contributed by atoms with E-state index in [-0.39, 0.29) is 5.91 Å². The van der Waals surface area contributed by atoms with E-state index in [0.29, 0.717) is 17.1 Å². The topological polar surface area (TPSA) is 64.2 Å². The van der Waals surface area contributed by atoms with E-state index in [2.05, 4.69) is 15.4 Å². The summed E-state index contributed by atoms with van der Waals surface area (Å²) in [5, 5.41) is 7.81. The number of nitrogens with one attached hydrogen (secondary N) is 1. The summed E-state index contributed by atoms with van der Waals surface area (Å²) >= 11 is 6.24. The summed E-state index contributed by atoms with van der Waals surface area (Å²) in [6.45, 7) is 4.21. The highest BCUT2D eigenvalue weighted by Crippen LogP contribution is 2.22. The molecular weight excluding hydrogens is 362 g/mol. The number of halogens is 1. The minimum atomic E-state index is -0.195. The Balaban J connectivity index is 1.52. The van der Waals surface area contributed by atoms with Gasteiger partial charge in [0, 0.05) is 12.4 Å². The average molecular weight is 380 g/mol. The van der Waals surface area contributed by atoms with Crippen LogP contribution in [0.3, 0.4) is 0 Å². The summed E-state index contributed by atoms with van der Waals surface area (Å²) in [6.07, 6.45) is 5.43. The molecule has 0 saturated carbocycles. The number of fused-ring (bicyclic) bond motifs is 1. The number of rotatable bonds is 4. The Hall–Kier alpha value is -3.12. The molecule has 0 saturated heterocycles. The number of nitrogens with zero attached hydrogens (tertiary/aromatic N) is 4. The Kier molecular flexibility index (Phi) is 4.41. The van der Waals surface area contributed by atoms with Crippen molar-refractivity contribution in [1.82, 2.24) is 24.5 Å². The van der Waals surface area contributed by atoms with Gasteiger partial charge in [-0.1, -0.05) is 23.7 Å². The quantitative estimate of drug-likeness (QED) is 0.587. The molecule has 3 heterocycles. The second kappa shape index (κ2) is 6.89. The third-order valence-electron chi connectivity index (χ3n) is 4.43. The number of pyridine rings is 1. The molecule has 136 valence electrons. The lowest BCUT2D eigenvalue weighted by Crippen LogP contribution is -2.23. The summed E-state index contributed by atoms with van der Waals surface area (Å²) in [4.78, 5) is 17.1. The van der Waals surface area contributed by atoms with Gasteiger partial charge in [-0.25, -0.2) is 9.67 Å². The van der Waals surface area contributed by atoms with Crippen LogP contribution in [-0.4, -0.2) is 25.1 Å². The number of hydrogen-bond acceptors (Lipinski definition) is 3. The summed E-state index contributed by atoms with van der Waals surface area (Å²) in [5.41, 5.74) is 4.78. The van der Waals surface area contributed by atoms with E-state index in [1.807, 2.05) is 61.0 Å². The second-order valence-corrected chi connectivity index (χ2v) is 6.80. The van der Waals surface area contributed by atoms with Crippen molar-refractivity contribution in [2.24, 2.45) is 0 Å². The molecular formula is C20H18ClN5O. The highest BCUT2D eigenvalue weighted by atomic mass is 35.5. The van der Waals surface area contributed by atoms with Crippen LogP contribution in [0.5, 0.6) is 0 Å². The summed E-state index contributed by atoms with van der Waals surface area (Å²) in [6, 6.07) is 11.4. The molecule has 1 N–H and O–H groups in total. The Morgan fingerprint density at radius 1 is 1.22 bits per heavy atom. The lowest BCUT2D eigenvalue weighted by atomic mass is 10.2. The maximum Gasteiger partial charge on any atom is 0.255 e. The number of imidazole rings is 1. The van der Waals surface area contributed by atoms with Gasteiger partial charge in [-0.15, -0.1) is 0 Å². The van der Waals surface area contributed by atoms with Gasteiger partial charge < -0.3 is 9.72 Å². The molecule has 0 atom stereocenters. The van der Waals surface area contributed by atoms with Gasteiger partial charge in [0.15, 0.2) is 0 Å². The lowest BCUT2D eigenvalue weighted by Gasteiger charge is -2.07. The molecule has 0 fully saturated rings. The normalized spacial score (nSPS) is 11.1. The molecule has 0 unspecified atom stereocenters. The van der Waals surface area contributed by atoms with Crippen molar-refractivity contribution in [2.75, 3.05) is 0 Å². The molecule has 0 bridgehead atoms. The van der Waals surface area contributed by atoms with E-state index in [1.54, 1.807) is 16.9 Å². The predicted octanol–water partition coefficient (Wildman–Crippen LogP) is 3.72. The van der Waals surface area contributed by atoms with Crippen LogP contribution in [0.25, 0.3) is 11.3 Å². The van der Waals surface area contributed by atoms with Crippen molar-refractivity contribution in [3.05, 3.63) is 82.5 Å². The van der Waals surface area contributed by atoms with Gasteiger partial charge in [-0.3, -0.25) is 4.79 Å². The monoisotopic (exact) mass is 379 g/mol. The molecule has 0 spiro atoms.